The van der Waals surface area contributed by atoms with Gasteiger partial charge in [-0.15, -0.1) is 0 Å². The molecule has 1 aromatic heterocycles. The van der Waals surface area contributed by atoms with Crippen LogP contribution in [0.4, 0.5) is 10.1 Å². The first-order valence-corrected chi connectivity index (χ1v) is 9.23. The van der Waals surface area contributed by atoms with Gasteiger partial charge >= 0.3 is 5.97 Å². The molecular weight excluding hydrogens is 397 g/mol. The first-order valence-electron chi connectivity index (χ1n) is 8.85. The lowest BCUT2D eigenvalue weighted by Gasteiger charge is -2.09. The van der Waals surface area contributed by atoms with Gasteiger partial charge in [0.05, 0.1) is 28.6 Å². The first-order chi connectivity index (χ1) is 13.8. The van der Waals surface area contributed by atoms with Crippen LogP contribution in [0.15, 0.2) is 48.5 Å². The highest BCUT2D eigenvalue weighted by Crippen LogP contribution is 2.22. The third kappa shape index (κ3) is 5.00. The van der Waals surface area contributed by atoms with Crippen molar-refractivity contribution in [2.45, 2.75) is 20.4 Å². The lowest BCUT2D eigenvalue weighted by molar-refractivity contribution is -0.119. The van der Waals surface area contributed by atoms with Gasteiger partial charge in [0, 0.05) is 0 Å². The highest BCUT2D eigenvalue weighted by molar-refractivity contribution is 6.33. The van der Waals surface area contributed by atoms with Gasteiger partial charge < -0.3 is 10.1 Å². The van der Waals surface area contributed by atoms with E-state index in [9.17, 15) is 14.0 Å². The molecule has 6 nitrogen and oxygen atoms in total. The Labute approximate surface area is 172 Å². The highest BCUT2D eigenvalue weighted by atomic mass is 35.5. The van der Waals surface area contributed by atoms with Crippen LogP contribution in [0, 0.1) is 19.7 Å². The number of ether oxygens (including phenoxy) is 1. The van der Waals surface area contributed by atoms with Crippen LogP contribution in [0.5, 0.6) is 0 Å². The van der Waals surface area contributed by atoms with Gasteiger partial charge in [-0.2, -0.15) is 5.10 Å². The Kier molecular flexibility index (Phi) is 6.29. The van der Waals surface area contributed by atoms with Crippen LogP contribution in [0.2, 0.25) is 5.02 Å². The smallest absolute Gasteiger partial charge is 0.342 e. The summed E-state index contributed by atoms with van der Waals surface area (Å²) in [6.07, 6.45) is 0. The molecule has 0 fully saturated rings. The zero-order valence-corrected chi connectivity index (χ0v) is 16.7. The second-order valence-electron chi connectivity index (χ2n) is 6.44. The molecule has 0 atom stereocenters. The van der Waals surface area contributed by atoms with Crippen molar-refractivity contribution < 1.29 is 18.7 Å². The number of esters is 1. The molecule has 1 amide bonds. The van der Waals surface area contributed by atoms with Gasteiger partial charge in [0.15, 0.2) is 6.61 Å². The highest BCUT2D eigenvalue weighted by Gasteiger charge is 2.21. The van der Waals surface area contributed by atoms with Gasteiger partial charge in [0.25, 0.3) is 5.91 Å². The van der Waals surface area contributed by atoms with Crippen LogP contribution < -0.4 is 5.32 Å². The van der Waals surface area contributed by atoms with E-state index in [4.69, 9.17) is 16.3 Å². The Morgan fingerprint density at radius 1 is 1.17 bits per heavy atom. The lowest BCUT2D eigenvalue weighted by Crippen LogP contribution is -2.21. The number of nitrogens with one attached hydrogen (secondary N) is 1. The molecule has 8 heteroatoms. The molecule has 0 spiro atoms. The van der Waals surface area contributed by atoms with Crippen LogP contribution in [-0.4, -0.2) is 28.3 Å². The molecule has 0 bridgehead atoms. The van der Waals surface area contributed by atoms with Crippen LogP contribution in [0.1, 0.15) is 27.3 Å². The van der Waals surface area contributed by atoms with E-state index in [1.54, 1.807) is 18.5 Å². The van der Waals surface area contributed by atoms with Crippen molar-refractivity contribution in [2.75, 3.05) is 11.9 Å². The van der Waals surface area contributed by atoms with Gasteiger partial charge in [-0.3, -0.25) is 9.48 Å². The van der Waals surface area contributed by atoms with E-state index in [0.717, 1.165) is 11.6 Å². The normalized spacial score (nSPS) is 10.6. The van der Waals surface area contributed by atoms with Gasteiger partial charge in [-0.1, -0.05) is 41.9 Å². The maximum absolute atomic E-state index is 13.1. The van der Waals surface area contributed by atoms with Crippen molar-refractivity contribution in [2.24, 2.45) is 0 Å². The standard InChI is InChI=1S/C21H19ClFN3O3/c1-13-20(14(2)26(25-13)11-15-6-4-3-5-7-15)21(28)29-12-19(27)24-18-9-8-16(23)10-17(18)22/h3-10H,11-12H2,1-2H3,(H,24,27). The molecule has 150 valence electrons. The number of aromatic nitrogens is 2. The van der Waals surface area contributed by atoms with Crippen LogP contribution in [0.25, 0.3) is 0 Å². The average Bonchev–Trinajstić information content (AvgIpc) is 2.96. The van der Waals surface area contributed by atoms with E-state index in [0.29, 0.717) is 23.5 Å². The van der Waals surface area contributed by atoms with Crippen molar-refractivity contribution in [1.82, 2.24) is 9.78 Å². The molecule has 3 rings (SSSR count). The van der Waals surface area contributed by atoms with E-state index in [1.807, 2.05) is 30.3 Å². The summed E-state index contributed by atoms with van der Waals surface area (Å²) in [5.41, 5.74) is 2.78. The molecule has 0 aliphatic carbocycles. The molecule has 0 unspecified atom stereocenters. The number of hydrogen-bond donors (Lipinski definition) is 1. The zero-order valence-electron chi connectivity index (χ0n) is 15.9. The van der Waals surface area contributed by atoms with E-state index < -0.39 is 24.3 Å². The number of carbonyl (C=O) groups is 2. The zero-order chi connectivity index (χ0) is 21.0. The number of benzene rings is 2. The van der Waals surface area contributed by atoms with Crippen LogP contribution in [0.3, 0.4) is 0 Å². The lowest BCUT2D eigenvalue weighted by atomic mass is 10.2. The largest absolute Gasteiger partial charge is 0.452 e. The molecule has 3 aromatic rings. The van der Waals surface area contributed by atoms with Crippen molar-refractivity contribution in [3.63, 3.8) is 0 Å². The molecular formula is C21H19ClFN3O3. The van der Waals surface area contributed by atoms with E-state index >= 15 is 0 Å². The quantitative estimate of drug-likeness (QED) is 0.614. The maximum atomic E-state index is 13.1. The minimum Gasteiger partial charge on any atom is -0.452 e. The minimum absolute atomic E-state index is 0.0542. The Morgan fingerprint density at radius 3 is 2.59 bits per heavy atom. The summed E-state index contributed by atoms with van der Waals surface area (Å²) in [5, 5.41) is 6.93. The van der Waals surface area contributed by atoms with Crippen molar-refractivity contribution in [3.05, 3.63) is 81.9 Å². The molecule has 1 heterocycles. The Balaban J connectivity index is 1.64. The summed E-state index contributed by atoms with van der Waals surface area (Å²) in [5.74, 6) is -1.74. The molecule has 0 saturated heterocycles. The van der Waals surface area contributed by atoms with Gasteiger partial charge in [0.2, 0.25) is 0 Å². The van der Waals surface area contributed by atoms with Crippen molar-refractivity contribution >= 4 is 29.2 Å². The summed E-state index contributed by atoms with van der Waals surface area (Å²) in [4.78, 5) is 24.5. The predicted octanol–water partition coefficient (Wildman–Crippen LogP) is 4.14. The van der Waals surface area contributed by atoms with E-state index in [2.05, 4.69) is 10.4 Å². The molecule has 1 N–H and O–H groups in total. The Bertz CT molecular complexity index is 1050. The number of aryl methyl sites for hydroxylation is 1. The summed E-state index contributed by atoms with van der Waals surface area (Å²) < 4.78 is 19.9. The molecule has 0 radical (unpaired) electrons. The van der Waals surface area contributed by atoms with Crippen LogP contribution >= 0.6 is 11.6 Å². The molecule has 2 aromatic carbocycles. The van der Waals surface area contributed by atoms with Crippen molar-refractivity contribution in [3.8, 4) is 0 Å². The fourth-order valence-electron chi connectivity index (χ4n) is 2.88. The molecule has 0 saturated carbocycles. The molecule has 29 heavy (non-hydrogen) atoms. The van der Waals surface area contributed by atoms with Gasteiger partial charge in [-0.05, 0) is 37.6 Å². The second-order valence-corrected chi connectivity index (χ2v) is 6.84. The number of carbonyl (C=O) groups excluding carboxylic acids is 2. The number of halogens is 2. The Hall–Kier alpha value is -3.19. The minimum atomic E-state index is -0.639. The number of nitrogens with zero attached hydrogens (tertiary/aromatic N) is 2. The first kappa shape index (κ1) is 20.5. The number of amides is 1. The SMILES string of the molecule is Cc1nn(Cc2ccccc2)c(C)c1C(=O)OCC(=O)Nc1ccc(F)cc1Cl. The van der Waals surface area contributed by atoms with E-state index in [1.165, 1.54) is 12.1 Å². The predicted molar refractivity (Wildman–Crippen MR) is 108 cm³/mol. The summed E-state index contributed by atoms with van der Waals surface area (Å²) >= 11 is 5.87. The van der Waals surface area contributed by atoms with Crippen LogP contribution in [-0.2, 0) is 16.1 Å². The number of hydrogen-bond acceptors (Lipinski definition) is 4. The second kappa shape index (κ2) is 8.87. The number of anilines is 1. The average molecular weight is 416 g/mol. The summed E-state index contributed by atoms with van der Waals surface area (Å²) in [7, 11) is 0. The Morgan fingerprint density at radius 2 is 1.90 bits per heavy atom. The van der Waals surface area contributed by atoms with Crippen molar-refractivity contribution in [1.29, 1.82) is 0 Å². The molecule has 0 aliphatic rings. The molecule has 0 aliphatic heterocycles. The fraction of sp³-hybridized carbons (Fsp3) is 0.190. The fourth-order valence-corrected chi connectivity index (χ4v) is 3.10. The van der Waals surface area contributed by atoms with E-state index in [-0.39, 0.29) is 10.7 Å². The maximum Gasteiger partial charge on any atom is 0.342 e. The topological polar surface area (TPSA) is 73.2 Å². The third-order valence-corrected chi connectivity index (χ3v) is 4.61. The third-order valence-electron chi connectivity index (χ3n) is 4.30. The summed E-state index contributed by atoms with van der Waals surface area (Å²) in [6, 6.07) is 13.3. The monoisotopic (exact) mass is 415 g/mol. The summed E-state index contributed by atoms with van der Waals surface area (Å²) in [6.45, 7) is 3.50. The van der Waals surface area contributed by atoms with Gasteiger partial charge in [0.1, 0.15) is 11.4 Å². The van der Waals surface area contributed by atoms with Gasteiger partial charge in [-0.25, -0.2) is 9.18 Å². The number of rotatable bonds is 6.